The number of urea groups is 1. The van der Waals surface area contributed by atoms with Crippen LogP contribution in [-0.2, 0) is 24.1 Å². The van der Waals surface area contributed by atoms with Crippen molar-refractivity contribution in [1.82, 2.24) is 25.5 Å². The molecule has 0 spiro atoms. The molecule has 1 aromatic carbocycles. The van der Waals surface area contributed by atoms with Gasteiger partial charge in [0.05, 0.1) is 23.3 Å². The number of carbonyl (C=O) groups is 1. The molecular formula is C27H35ClFN5O2. The van der Waals surface area contributed by atoms with Gasteiger partial charge in [-0.2, -0.15) is 0 Å². The maximum absolute atomic E-state index is 14.3. The molecule has 1 aromatic heterocycles. The van der Waals surface area contributed by atoms with Crippen molar-refractivity contribution in [2.24, 2.45) is 5.92 Å². The van der Waals surface area contributed by atoms with Gasteiger partial charge in [-0.25, -0.2) is 19.2 Å². The van der Waals surface area contributed by atoms with Gasteiger partial charge in [-0.3, -0.25) is 0 Å². The second kappa shape index (κ2) is 11.8. The number of carbonyl (C=O) groups excluding carboxylic acids is 1. The van der Waals surface area contributed by atoms with Gasteiger partial charge in [-0.15, -0.1) is 0 Å². The zero-order valence-corrected chi connectivity index (χ0v) is 21.4. The molecule has 4 heterocycles. The van der Waals surface area contributed by atoms with Crippen molar-refractivity contribution in [1.29, 1.82) is 0 Å². The van der Waals surface area contributed by atoms with Crippen LogP contribution >= 0.6 is 11.6 Å². The fourth-order valence-corrected chi connectivity index (χ4v) is 5.60. The van der Waals surface area contributed by atoms with Crippen LogP contribution in [0.15, 0.2) is 24.4 Å². The summed E-state index contributed by atoms with van der Waals surface area (Å²) < 4.78 is 19.8. The topological polar surface area (TPSA) is 79.4 Å². The molecule has 3 aliphatic heterocycles. The number of benzene rings is 1. The Kier molecular flexibility index (Phi) is 8.34. The third-order valence-electron chi connectivity index (χ3n) is 7.67. The van der Waals surface area contributed by atoms with Gasteiger partial charge in [0.2, 0.25) is 0 Å². The van der Waals surface area contributed by atoms with Crippen LogP contribution in [0, 0.1) is 11.7 Å². The summed E-state index contributed by atoms with van der Waals surface area (Å²) in [5.74, 6) is 0.931. The van der Waals surface area contributed by atoms with Gasteiger partial charge in [0.25, 0.3) is 0 Å². The molecule has 0 aliphatic carbocycles. The summed E-state index contributed by atoms with van der Waals surface area (Å²) in [6, 6.07) is 4.63. The van der Waals surface area contributed by atoms with Crippen LogP contribution in [0.3, 0.4) is 0 Å². The molecule has 0 bridgehead atoms. The van der Waals surface area contributed by atoms with Crippen LogP contribution in [0.1, 0.15) is 67.2 Å². The first-order chi connectivity index (χ1) is 17.5. The molecule has 7 nitrogen and oxygen atoms in total. The van der Waals surface area contributed by atoms with Crippen molar-refractivity contribution in [2.75, 3.05) is 26.3 Å². The van der Waals surface area contributed by atoms with E-state index >= 15 is 0 Å². The summed E-state index contributed by atoms with van der Waals surface area (Å²) in [5, 5.41) is 6.82. The number of halogens is 2. The molecule has 3 aliphatic rings. The molecule has 194 valence electrons. The highest BCUT2D eigenvalue weighted by Crippen LogP contribution is 2.27. The van der Waals surface area contributed by atoms with E-state index in [0.29, 0.717) is 25.4 Å². The third kappa shape index (κ3) is 6.33. The molecule has 2 aromatic rings. The smallest absolute Gasteiger partial charge is 0.318 e. The Labute approximate surface area is 217 Å². The van der Waals surface area contributed by atoms with Gasteiger partial charge in [0.1, 0.15) is 11.6 Å². The van der Waals surface area contributed by atoms with Crippen LogP contribution in [-0.4, -0.2) is 53.2 Å². The Balaban J connectivity index is 1.27. The van der Waals surface area contributed by atoms with Crippen molar-refractivity contribution in [3.8, 4) is 0 Å². The molecule has 0 unspecified atom stereocenters. The molecular weight excluding hydrogens is 481 g/mol. The molecule has 0 radical (unpaired) electrons. The van der Waals surface area contributed by atoms with Crippen LogP contribution in [0.4, 0.5) is 9.18 Å². The number of amides is 2. The van der Waals surface area contributed by atoms with Crippen LogP contribution in [0.25, 0.3) is 0 Å². The second-order valence-corrected chi connectivity index (χ2v) is 10.7. The maximum atomic E-state index is 14.3. The summed E-state index contributed by atoms with van der Waals surface area (Å²) in [4.78, 5) is 24.7. The number of hydrogen-bond donors (Lipinski definition) is 2. The van der Waals surface area contributed by atoms with E-state index in [0.717, 1.165) is 87.3 Å². The van der Waals surface area contributed by atoms with Crippen molar-refractivity contribution < 1.29 is 13.9 Å². The largest absolute Gasteiger partial charge is 0.381 e. The molecule has 2 saturated heterocycles. The molecule has 2 atom stereocenters. The average molecular weight is 516 g/mol. The lowest BCUT2D eigenvalue weighted by atomic mass is 9.94. The number of aromatic nitrogens is 2. The molecule has 0 saturated carbocycles. The zero-order valence-electron chi connectivity index (χ0n) is 20.6. The van der Waals surface area contributed by atoms with Gasteiger partial charge < -0.3 is 20.3 Å². The SMILES string of the molecule is O=C(N[C@H](C[C@H]1CCCCN1)c1ccc(Cl)c(F)c1)N1CCc2cnc(CC3CCOCC3)nc2C1. The Bertz CT molecular complexity index is 1060. The standard InChI is InChI=1S/C27H35ClFN5O2/c28-22-5-4-19(14-23(22)29)24(15-21-3-1-2-9-30-21)33-27(35)34-10-6-20-16-31-26(32-25(20)17-34)13-18-7-11-36-12-8-18/h4-5,14,16,18,21,24,30H,1-3,6-13,15,17H2,(H,33,35)/t21-,24-/m1/s1. The number of piperidine rings is 1. The minimum absolute atomic E-state index is 0.0866. The lowest BCUT2D eigenvalue weighted by Crippen LogP contribution is -2.46. The van der Waals surface area contributed by atoms with Gasteiger partial charge in [0, 0.05) is 38.4 Å². The Morgan fingerprint density at radius 3 is 2.92 bits per heavy atom. The van der Waals surface area contributed by atoms with E-state index in [-0.39, 0.29) is 23.1 Å². The summed E-state index contributed by atoms with van der Waals surface area (Å²) in [5.41, 5.74) is 2.77. The van der Waals surface area contributed by atoms with E-state index in [1.807, 2.05) is 6.20 Å². The maximum Gasteiger partial charge on any atom is 0.318 e. The number of fused-ring (bicyclic) bond motifs is 1. The number of rotatable bonds is 6. The van der Waals surface area contributed by atoms with Gasteiger partial charge in [-0.1, -0.05) is 24.1 Å². The van der Waals surface area contributed by atoms with Crippen LogP contribution in [0.5, 0.6) is 0 Å². The van der Waals surface area contributed by atoms with Crippen molar-refractivity contribution >= 4 is 17.6 Å². The summed E-state index contributed by atoms with van der Waals surface area (Å²) in [6.45, 7) is 3.63. The fourth-order valence-electron chi connectivity index (χ4n) is 5.48. The molecule has 2 amide bonds. The predicted octanol–water partition coefficient (Wildman–Crippen LogP) is 4.58. The highest BCUT2D eigenvalue weighted by molar-refractivity contribution is 6.30. The molecule has 5 rings (SSSR count). The zero-order chi connectivity index (χ0) is 24.9. The highest BCUT2D eigenvalue weighted by atomic mass is 35.5. The Morgan fingerprint density at radius 1 is 1.28 bits per heavy atom. The van der Waals surface area contributed by atoms with Crippen molar-refractivity contribution in [2.45, 2.75) is 70.0 Å². The molecule has 9 heteroatoms. The number of hydrogen-bond acceptors (Lipinski definition) is 5. The second-order valence-electron chi connectivity index (χ2n) is 10.2. The van der Waals surface area contributed by atoms with E-state index in [1.54, 1.807) is 17.0 Å². The summed E-state index contributed by atoms with van der Waals surface area (Å²) in [7, 11) is 0. The minimum atomic E-state index is -0.467. The van der Waals surface area contributed by atoms with E-state index in [9.17, 15) is 9.18 Å². The normalized spacial score (nSPS) is 21.6. The predicted molar refractivity (Wildman–Crippen MR) is 136 cm³/mol. The number of nitrogens with zero attached hydrogens (tertiary/aromatic N) is 3. The van der Waals surface area contributed by atoms with Gasteiger partial charge >= 0.3 is 6.03 Å². The van der Waals surface area contributed by atoms with Crippen LogP contribution < -0.4 is 10.6 Å². The number of nitrogens with one attached hydrogen (secondary N) is 2. The highest BCUT2D eigenvalue weighted by Gasteiger charge is 2.27. The monoisotopic (exact) mass is 515 g/mol. The lowest BCUT2D eigenvalue weighted by molar-refractivity contribution is 0.0659. The van der Waals surface area contributed by atoms with E-state index in [4.69, 9.17) is 21.3 Å². The fraction of sp³-hybridized carbons (Fsp3) is 0.593. The van der Waals surface area contributed by atoms with Gasteiger partial charge in [0.15, 0.2) is 0 Å². The lowest BCUT2D eigenvalue weighted by Gasteiger charge is -2.32. The quantitative estimate of drug-likeness (QED) is 0.588. The third-order valence-corrected chi connectivity index (χ3v) is 7.98. The first-order valence-electron chi connectivity index (χ1n) is 13.2. The van der Waals surface area contributed by atoms with E-state index < -0.39 is 5.82 Å². The molecule has 2 fully saturated rings. The van der Waals surface area contributed by atoms with E-state index in [2.05, 4.69) is 15.6 Å². The Hall–Kier alpha value is -2.29. The molecule has 2 N–H and O–H groups in total. The molecule has 36 heavy (non-hydrogen) atoms. The van der Waals surface area contributed by atoms with Gasteiger partial charge in [-0.05, 0) is 74.2 Å². The first-order valence-corrected chi connectivity index (χ1v) is 13.6. The van der Waals surface area contributed by atoms with Crippen molar-refractivity contribution in [3.05, 3.63) is 57.9 Å². The number of ether oxygens (including phenoxy) is 1. The van der Waals surface area contributed by atoms with E-state index in [1.165, 1.54) is 6.07 Å². The summed E-state index contributed by atoms with van der Waals surface area (Å²) >= 11 is 5.93. The Morgan fingerprint density at radius 2 is 2.14 bits per heavy atom. The average Bonchev–Trinajstić information content (AvgIpc) is 2.90. The summed E-state index contributed by atoms with van der Waals surface area (Å²) in [6.07, 6.45) is 9.66. The van der Waals surface area contributed by atoms with Crippen LogP contribution in [0.2, 0.25) is 5.02 Å². The van der Waals surface area contributed by atoms with Crippen molar-refractivity contribution in [3.63, 3.8) is 0 Å². The first kappa shape index (κ1) is 25.4. The minimum Gasteiger partial charge on any atom is -0.381 e.